The summed E-state index contributed by atoms with van der Waals surface area (Å²) in [7, 11) is 1.67. The van der Waals surface area contributed by atoms with Crippen LogP contribution in [-0.2, 0) is 13.0 Å². The number of benzene rings is 1. The highest BCUT2D eigenvalue weighted by Crippen LogP contribution is 2.17. The van der Waals surface area contributed by atoms with Crippen molar-refractivity contribution in [3.8, 4) is 5.75 Å². The van der Waals surface area contributed by atoms with Crippen molar-refractivity contribution < 1.29 is 4.74 Å². The molecule has 0 aliphatic rings. The number of imidazole rings is 1. The minimum Gasteiger partial charge on any atom is -0.497 e. The number of hydrogen-bond acceptors (Lipinski definition) is 3. The van der Waals surface area contributed by atoms with Crippen molar-refractivity contribution in [1.29, 1.82) is 0 Å². The Balaban J connectivity index is 2.22. The van der Waals surface area contributed by atoms with Gasteiger partial charge in [-0.05, 0) is 31.5 Å². The molecule has 0 aliphatic carbocycles. The van der Waals surface area contributed by atoms with E-state index in [2.05, 4.69) is 28.6 Å². The van der Waals surface area contributed by atoms with Crippen LogP contribution in [0.5, 0.6) is 5.75 Å². The fraction of sp³-hybridized carbons (Fsp3) is 0.400. The van der Waals surface area contributed by atoms with Crippen LogP contribution in [-0.4, -0.2) is 16.7 Å². The molecule has 1 aromatic carbocycles. The van der Waals surface area contributed by atoms with Gasteiger partial charge in [0, 0.05) is 19.0 Å². The minimum atomic E-state index is 0.0112. The van der Waals surface area contributed by atoms with E-state index in [9.17, 15) is 0 Å². The zero-order valence-corrected chi connectivity index (χ0v) is 11.8. The fourth-order valence-corrected chi connectivity index (χ4v) is 2.22. The molecule has 19 heavy (non-hydrogen) atoms. The van der Waals surface area contributed by atoms with E-state index in [0.29, 0.717) is 0 Å². The molecule has 4 nitrogen and oxygen atoms in total. The first-order valence-electron chi connectivity index (χ1n) is 6.58. The predicted molar refractivity (Wildman–Crippen MR) is 76.3 cm³/mol. The molecule has 0 saturated heterocycles. The Kier molecular flexibility index (Phi) is 4.22. The van der Waals surface area contributed by atoms with Gasteiger partial charge in [0.25, 0.3) is 0 Å². The topological polar surface area (TPSA) is 53.1 Å². The third-order valence-electron chi connectivity index (χ3n) is 3.27. The van der Waals surface area contributed by atoms with Gasteiger partial charge in [-0.25, -0.2) is 4.98 Å². The second-order valence-corrected chi connectivity index (χ2v) is 4.66. The number of ether oxygens (including phenoxy) is 1. The van der Waals surface area contributed by atoms with Gasteiger partial charge in [0.2, 0.25) is 0 Å². The molecule has 0 amide bonds. The molecule has 0 saturated carbocycles. The Morgan fingerprint density at radius 2 is 2.00 bits per heavy atom. The van der Waals surface area contributed by atoms with Crippen molar-refractivity contribution in [3.63, 3.8) is 0 Å². The van der Waals surface area contributed by atoms with Crippen LogP contribution >= 0.6 is 0 Å². The second kappa shape index (κ2) is 5.89. The Hall–Kier alpha value is -1.81. The Morgan fingerprint density at radius 3 is 2.53 bits per heavy atom. The van der Waals surface area contributed by atoms with Crippen molar-refractivity contribution in [2.24, 2.45) is 5.73 Å². The first kappa shape index (κ1) is 13.6. The molecule has 0 radical (unpaired) electrons. The van der Waals surface area contributed by atoms with Gasteiger partial charge < -0.3 is 15.0 Å². The lowest BCUT2D eigenvalue weighted by Gasteiger charge is -2.12. The van der Waals surface area contributed by atoms with Crippen LogP contribution in [0.15, 0.2) is 30.5 Å². The van der Waals surface area contributed by atoms with Crippen LogP contribution in [0.4, 0.5) is 0 Å². The molecule has 4 heteroatoms. The molecule has 0 bridgehead atoms. The molecule has 1 heterocycles. The maximum atomic E-state index is 5.96. The van der Waals surface area contributed by atoms with E-state index in [1.807, 2.05) is 25.3 Å². The first-order chi connectivity index (χ1) is 9.15. The number of methoxy groups -OCH3 is 1. The number of hydrogen-bond donors (Lipinski definition) is 1. The minimum absolute atomic E-state index is 0.0112. The van der Waals surface area contributed by atoms with E-state index in [1.54, 1.807) is 7.11 Å². The fourth-order valence-electron chi connectivity index (χ4n) is 2.22. The van der Waals surface area contributed by atoms with Gasteiger partial charge in [0.05, 0.1) is 19.0 Å². The summed E-state index contributed by atoms with van der Waals surface area (Å²) in [6.45, 7) is 4.99. The average molecular weight is 259 g/mol. The Bertz CT molecular complexity index is 529. The lowest BCUT2D eigenvalue weighted by molar-refractivity contribution is 0.414. The highest BCUT2D eigenvalue weighted by Gasteiger charge is 2.11. The average Bonchev–Trinajstić information content (AvgIpc) is 2.82. The smallest absolute Gasteiger partial charge is 0.118 e. The van der Waals surface area contributed by atoms with E-state index in [0.717, 1.165) is 30.2 Å². The van der Waals surface area contributed by atoms with E-state index >= 15 is 0 Å². The molecule has 1 unspecified atom stereocenters. The largest absolute Gasteiger partial charge is 0.497 e. The molecule has 0 fully saturated rings. The Morgan fingerprint density at radius 1 is 1.32 bits per heavy atom. The number of nitrogens with zero attached hydrogens (tertiary/aromatic N) is 2. The second-order valence-electron chi connectivity index (χ2n) is 4.66. The van der Waals surface area contributed by atoms with Crippen molar-refractivity contribution in [2.75, 3.05) is 7.11 Å². The van der Waals surface area contributed by atoms with Gasteiger partial charge in [-0.3, -0.25) is 0 Å². The number of rotatable bonds is 5. The maximum absolute atomic E-state index is 5.96. The Labute approximate surface area is 114 Å². The van der Waals surface area contributed by atoms with Crippen LogP contribution in [0, 0.1) is 0 Å². The van der Waals surface area contributed by atoms with Crippen molar-refractivity contribution in [2.45, 2.75) is 32.9 Å². The zero-order valence-electron chi connectivity index (χ0n) is 11.8. The van der Waals surface area contributed by atoms with Gasteiger partial charge in [-0.2, -0.15) is 0 Å². The van der Waals surface area contributed by atoms with Crippen LogP contribution in [0.25, 0.3) is 0 Å². The summed E-state index contributed by atoms with van der Waals surface area (Å²) < 4.78 is 7.35. The standard InChI is InChI=1S/C15H21N3O/c1-4-18-14(11(2)16)10-17-15(18)9-12-5-7-13(19-3)8-6-12/h5-8,10-11H,4,9,16H2,1-3H3. The summed E-state index contributed by atoms with van der Waals surface area (Å²) in [5, 5.41) is 0. The summed E-state index contributed by atoms with van der Waals surface area (Å²) in [6, 6.07) is 8.09. The van der Waals surface area contributed by atoms with Crippen LogP contribution in [0.1, 0.15) is 37.0 Å². The van der Waals surface area contributed by atoms with E-state index in [4.69, 9.17) is 10.5 Å². The van der Waals surface area contributed by atoms with Gasteiger partial charge in [0.15, 0.2) is 0 Å². The highest BCUT2D eigenvalue weighted by molar-refractivity contribution is 5.29. The summed E-state index contributed by atoms with van der Waals surface area (Å²) in [5.41, 5.74) is 8.27. The molecule has 2 aromatic rings. The van der Waals surface area contributed by atoms with Crippen molar-refractivity contribution in [3.05, 3.63) is 47.5 Å². The van der Waals surface area contributed by atoms with E-state index in [1.165, 1.54) is 5.56 Å². The zero-order chi connectivity index (χ0) is 13.8. The molecule has 1 aromatic heterocycles. The first-order valence-corrected chi connectivity index (χ1v) is 6.58. The summed E-state index contributed by atoms with van der Waals surface area (Å²) in [6.07, 6.45) is 2.69. The summed E-state index contributed by atoms with van der Waals surface area (Å²) >= 11 is 0. The van der Waals surface area contributed by atoms with E-state index in [-0.39, 0.29) is 6.04 Å². The third-order valence-corrected chi connectivity index (χ3v) is 3.27. The lowest BCUT2D eigenvalue weighted by Crippen LogP contribution is -2.13. The van der Waals surface area contributed by atoms with Crippen LogP contribution < -0.4 is 10.5 Å². The molecule has 0 aliphatic heterocycles. The molecule has 1 atom stereocenters. The quantitative estimate of drug-likeness (QED) is 0.897. The monoisotopic (exact) mass is 259 g/mol. The molecular weight excluding hydrogens is 238 g/mol. The normalized spacial score (nSPS) is 12.4. The molecule has 2 rings (SSSR count). The SMILES string of the molecule is CCn1c(C(C)N)cnc1Cc1ccc(OC)cc1. The van der Waals surface area contributed by atoms with E-state index < -0.39 is 0 Å². The van der Waals surface area contributed by atoms with Gasteiger partial charge in [-0.15, -0.1) is 0 Å². The predicted octanol–water partition coefficient (Wildman–Crippen LogP) is 2.52. The summed E-state index contributed by atoms with van der Waals surface area (Å²) in [5.74, 6) is 1.93. The molecule has 102 valence electrons. The lowest BCUT2D eigenvalue weighted by atomic mass is 10.1. The third kappa shape index (κ3) is 2.96. The maximum Gasteiger partial charge on any atom is 0.118 e. The number of nitrogens with two attached hydrogens (primary N) is 1. The van der Waals surface area contributed by atoms with Crippen molar-refractivity contribution >= 4 is 0 Å². The van der Waals surface area contributed by atoms with Gasteiger partial charge in [0.1, 0.15) is 11.6 Å². The van der Waals surface area contributed by atoms with Crippen molar-refractivity contribution in [1.82, 2.24) is 9.55 Å². The van der Waals surface area contributed by atoms with Gasteiger partial charge >= 0.3 is 0 Å². The molecular formula is C15H21N3O. The molecule has 2 N–H and O–H groups in total. The summed E-state index contributed by atoms with van der Waals surface area (Å²) in [4.78, 5) is 4.50. The highest BCUT2D eigenvalue weighted by atomic mass is 16.5. The van der Waals surface area contributed by atoms with Crippen LogP contribution in [0.3, 0.4) is 0 Å². The molecule has 0 spiro atoms. The van der Waals surface area contributed by atoms with Crippen LogP contribution in [0.2, 0.25) is 0 Å². The van der Waals surface area contributed by atoms with Gasteiger partial charge in [-0.1, -0.05) is 12.1 Å². The number of aromatic nitrogens is 2.